The number of ether oxygens (including phenoxy) is 1. The standard InChI is InChI=1S/C20H26FN3O3/c1-4-27-19(26)18-17(14-10-13(21)6-7-15(14)22-18)23-16(25)11-24-9-5-8-20(2,3)12-24/h6-7,10,22H,4-5,8-9,11-12H2,1-3H3,(H,23,25)/p+1. The Bertz CT molecular complexity index is 860. The number of benzene rings is 1. The topological polar surface area (TPSA) is 75.6 Å². The summed E-state index contributed by atoms with van der Waals surface area (Å²) in [4.78, 5) is 29.1. The molecule has 1 saturated heterocycles. The van der Waals surface area contributed by atoms with Crippen molar-refractivity contribution in [3.05, 3.63) is 29.7 Å². The van der Waals surface area contributed by atoms with Crippen LogP contribution in [0.1, 0.15) is 44.1 Å². The van der Waals surface area contributed by atoms with Crippen LogP contribution in [0.4, 0.5) is 10.1 Å². The number of aromatic nitrogens is 1. The third-order valence-corrected chi connectivity index (χ3v) is 5.03. The molecule has 6 nitrogen and oxygen atoms in total. The number of anilines is 1. The lowest BCUT2D eigenvalue weighted by molar-refractivity contribution is -0.904. The number of piperidine rings is 1. The van der Waals surface area contributed by atoms with Gasteiger partial charge < -0.3 is 19.9 Å². The quantitative estimate of drug-likeness (QED) is 0.700. The lowest BCUT2D eigenvalue weighted by Gasteiger charge is -2.34. The van der Waals surface area contributed by atoms with Crippen LogP contribution in [0.5, 0.6) is 0 Å². The van der Waals surface area contributed by atoms with E-state index in [1.54, 1.807) is 13.0 Å². The van der Waals surface area contributed by atoms with Gasteiger partial charge in [-0.25, -0.2) is 9.18 Å². The second-order valence-corrected chi connectivity index (χ2v) is 7.95. The van der Waals surface area contributed by atoms with Gasteiger partial charge in [0.1, 0.15) is 11.5 Å². The van der Waals surface area contributed by atoms with E-state index in [-0.39, 0.29) is 29.3 Å². The Labute approximate surface area is 158 Å². The molecule has 27 heavy (non-hydrogen) atoms. The lowest BCUT2D eigenvalue weighted by Crippen LogP contribution is -3.15. The molecule has 0 radical (unpaired) electrons. The molecule has 0 bridgehead atoms. The maximum Gasteiger partial charge on any atom is 0.356 e. The van der Waals surface area contributed by atoms with Gasteiger partial charge in [-0.15, -0.1) is 0 Å². The zero-order valence-electron chi connectivity index (χ0n) is 16.1. The van der Waals surface area contributed by atoms with Crippen molar-refractivity contribution in [1.82, 2.24) is 4.98 Å². The fraction of sp³-hybridized carbons (Fsp3) is 0.500. The number of quaternary nitrogens is 1. The van der Waals surface area contributed by atoms with Crippen LogP contribution in [-0.4, -0.2) is 43.1 Å². The number of likely N-dealkylation sites (tertiary alicyclic amines) is 1. The van der Waals surface area contributed by atoms with E-state index in [0.29, 0.717) is 17.4 Å². The van der Waals surface area contributed by atoms with Crippen LogP contribution in [0, 0.1) is 11.2 Å². The van der Waals surface area contributed by atoms with Crippen LogP contribution < -0.4 is 10.2 Å². The minimum absolute atomic E-state index is 0.139. The van der Waals surface area contributed by atoms with Crippen molar-refractivity contribution in [1.29, 1.82) is 0 Å². The summed E-state index contributed by atoms with van der Waals surface area (Å²) in [7, 11) is 0. The van der Waals surface area contributed by atoms with Crippen molar-refractivity contribution in [2.75, 3.05) is 31.6 Å². The van der Waals surface area contributed by atoms with Gasteiger partial charge >= 0.3 is 5.97 Å². The van der Waals surface area contributed by atoms with Gasteiger partial charge in [-0.2, -0.15) is 0 Å². The van der Waals surface area contributed by atoms with Crippen molar-refractivity contribution < 1.29 is 23.6 Å². The van der Waals surface area contributed by atoms with Gasteiger partial charge in [-0.3, -0.25) is 4.79 Å². The fourth-order valence-corrected chi connectivity index (χ4v) is 3.88. The largest absolute Gasteiger partial charge is 0.461 e. The number of amides is 1. The molecule has 3 N–H and O–H groups in total. The van der Waals surface area contributed by atoms with Gasteiger partial charge in [-0.05, 0) is 38.0 Å². The third kappa shape index (κ3) is 4.47. The first-order valence-corrected chi connectivity index (χ1v) is 9.41. The highest BCUT2D eigenvalue weighted by Gasteiger charge is 2.31. The van der Waals surface area contributed by atoms with Crippen LogP contribution in [0.3, 0.4) is 0 Å². The minimum Gasteiger partial charge on any atom is -0.461 e. The molecule has 7 heteroatoms. The van der Waals surface area contributed by atoms with E-state index >= 15 is 0 Å². The Morgan fingerprint density at radius 1 is 1.37 bits per heavy atom. The van der Waals surface area contributed by atoms with Crippen molar-refractivity contribution >= 4 is 28.5 Å². The number of carbonyl (C=O) groups excluding carboxylic acids is 2. The number of halogens is 1. The second kappa shape index (κ2) is 7.68. The van der Waals surface area contributed by atoms with E-state index in [4.69, 9.17) is 4.74 Å². The molecule has 2 heterocycles. The molecule has 1 aliphatic heterocycles. The summed E-state index contributed by atoms with van der Waals surface area (Å²) in [5.41, 5.74) is 1.21. The molecule has 1 atom stereocenters. The fourth-order valence-electron chi connectivity index (χ4n) is 3.88. The van der Waals surface area contributed by atoms with Gasteiger partial charge in [-0.1, -0.05) is 13.8 Å². The number of esters is 1. The molecule has 3 rings (SSSR count). The van der Waals surface area contributed by atoms with Crippen LogP contribution in [-0.2, 0) is 9.53 Å². The SMILES string of the molecule is CCOC(=O)c1[nH]c2ccc(F)cc2c1NC(=O)C[NH+]1CCCC(C)(C)C1. The summed E-state index contributed by atoms with van der Waals surface area (Å²) in [6, 6.07) is 4.15. The Morgan fingerprint density at radius 3 is 2.85 bits per heavy atom. The zero-order valence-corrected chi connectivity index (χ0v) is 16.1. The Hall–Kier alpha value is -2.41. The molecule has 1 aliphatic rings. The molecule has 146 valence electrons. The van der Waals surface area contributed by atoms with Crippen LogP contribution in [0.15, 0.2) is 18.2 Å². The lowest BCUT2D eigenvalue weighted by atomic mass is 9.84. The molecule has 0 aliphatic carbocycles. The number of fused-ring (bicyclic) bond motifs is 1. The Kier molecular flexibility index (Phi) is 5.51. The van der Waals surface area contributed by atoms with Crippen molar-refractivity contribution in [2.24, 2.45) is 5.41 Å². The van der Waals surface area contributed by atoms with Crippen molar-refractivity contribution in [3.8, 4) is 0 Å². The monoisotopic (exact) mass is 376 g/mol. The van der Waals surface area contributed by atoms with Gasteiger partial charge in [0.15, 0.2) is 6.54 Å². The van der Waals surface area contributed by atoms with Crippen molar-refractivity contribution in [3.63, 3.8) is 0 Å². The van der Waals surface area contributed by atoms with Crippen LogP contribution >= 0.6 is 0 Å². The smallest absolute Gasteiger partial charge is 0.356 e. The van der Waals surface area contributed by atoms with E-state index in [2.05, 4.69) is 24.1 Å². The molecule has 1 amide bonds. The summed E-state index contributed by atoms with van der Waals surface area (Å²) in [6.45, 7) is 8.53. The molecule has 1 unspecified atom stereocenters. The minimum atomic E-state index is -0.573. The molecule has 0 spiro atoms. The van der Waals surface area contributed by atoms with Gasteiger partial charge in [0, 0.05) is 16.3 Å². The van der Waals surface area contributed by atoms with Gasteiger partial charge in [0.25, 0.3) is 5.91 Å². The number of hydrogen-bond acceptors (Lipinski definition) is 3. The van der Waals surface area contributed by atoms with E-state index in [9.17, 15) is 14.0 Å². The summed E-state index contributed by atoms with van der Waals surface area (Å²) in [5.74, 6) is -1.20. The number of carbonyl (C=O) groups is 2. The summed E-state index contributed by atoms with van der Waals surface area (Å²) in [5, 5.41) is 3.27. The first-order valence-electron chi connectivity index (χ1n) is 9.41. The third-order valence-electron chi connectivity index (χ3n) is 5.03. The van der Waals surface area contributed by atoms with Gasteiger partial charge in [0.05, 0.1) is 25.4 Å². The van der Waals surface area contributed by atoms with E-state index in [1.165, 1.54) is 17.0 Å². The molecule has 1 fully saturated rings. The highest BCUT2D eigenvalue weighted by molar-refractivity contribution is 6.11. The second-order valence-electron chi connectivity index (χ2n) is 7.95. The molecule has 2 aromatic rings. The number of H-pyrrole nitrogens is 1. The summed E-state index contributed by atoms with van der Waals surface area (Å²) in [6.07, 6.45) is 2.24. The number of hydrogen-bond donors (Lipinski definition) is 3. The number of rotatable bonds is 5. The highest BCUT2D eigenvalue weighted by atomic mass is 19.1. The zero-order chi connectivity index (χ0) is 19.6. The molecule has 1 aromatic heterocycles. The molecular weight excluding hydrogens is 349 g/mol. The Morgan fingerprint density at radius 2 is 2.15 bits per heavy atom. The number of nitrogens with one attached hydrogen (secondary N) is 3. The van der Waals surface area contributed by atoms with E-state index in [0.717, 1.165) is 25.9 Å². The van der Waals surface area contributed by atoms with Crippen molar-refractivity contribution in [2.45, 2.75) is 33.6 Å². The maximum absolute atomic E-state index is 13.7. The molecular formula is C20H27FN3O3+. The normalized spacial score (nSPS) is 19.0. The maximum atomic E-state index is 13.7. The Balaban J connectivity index is 1.84. The predicted molar refractivity (Wildman–Crippen MR) is 101 cm³/mol. The first kappa shape index (κ1) is 19.4. The van der Waals surface area contributed by atoms with Crippen LogP contribution in [0.2, 0.25) is 0 Å². The summed E-state index contributed by atoms with van der Waals surface area (Å²) >= 11 is 0. The van der Waals surface area contributed by atoms with E-state index < -0.39 is 11.8 Å². The van der Waals surface area contributed by atoms with Crippen LogP contribution in [0.25, 0.3) is 10.9 Å². The average molecular weight is 376 g/mol. The summed E-state index contributed by atoms with van der Waals surface area (Å²) < 4.78 is 18.8. The molecule has 1 aromatic carbocycles. The number of aromatic amines is 1. The molecule has 0 saturated carbocycles. The highest BCUT2D eigenvalue weighted by Crippen LogP contribution is 2.29. The predicted octanol–water partition coefficient (Wildman–Crippen LogP) is 2.13. The average Bonchev–Trinajstić information content (AvgIpc) is 2.92. The first-order chi connectivity index (χ1) is 12.8. The van der Waals surface area contributed by atoms with Gasteiger partial charge in [0.2, 0.25) is 0 Å². The van der Waals surface area contributed by atoms with E-state index in [1.807, 2.05) is 0 Å².